The topological polar surface area (TPSA) is 29.1 Å². The minimum atomic E-state index is 0.634. The van der Waals surface area contributed by atoms with Gasteiger partial charge < -0.3 is 5.32 Å². The van der Waals surface area contributed by atoms with Gasteiger partial charge in [0.05, 0.1) is 0 Å². The largest absolute Gasteiger partial charge is 0.318 e. The van der Waals surface area contributed by atoms with Crippen LogP contribution in [-0.4, -0.2) is 19.4 Å². The van der Waals surface area contributed by atoms with Crippen molar-refractivity contribution >= 4 is 20.8 Å². The first-order valence-corrected chi connectivity index (χ1v) is 5.16. The highest BCUT2D eigenvalue weighted by Crippen LogP contribution is 1.95. The Morgan fingerprint density at radius 3 is 2.14 bits per heavy atom. The molecule has 0 aliphatic carbocycles. The molecular formula is C11H18NOP. The molecule has 1 rings (SSSR count). The van der Waals surface area contributed by atoms with E-state index in [4.69, 9.17) is 0 Å². The lowest BCUT2D eigenvalue weighted by Gasteiger charge is -1.95. The number of benzene rings is 1. The Bertz CT molecular complexity index is 274. The van der Waals surface area contributed by atoms with Crippen LogP contribution in [0.4, 0.5) is 0 Å². The SMILES string of the molecule is CNC(C)C.O=Cc1ccccc1P. The molecule has 0 saturated heterocycles. The first-order valence-electron chi connectivity index (χ1n) is 4.58. The van der Waals surface area contributed by atoms with Crippen LogP contribution in [0.1, 0.15) is 24.2 Å². The van der Waals surface area contributed by atoms with Crippen molar-refractivity contribution in [2.45, 2.75) is 19.9 Å². The van der Waals surface area contributed by atoms with Gasteiger partial charge >= 0.3 is 0 Å². The summed E-state index contributed by atoms with van der Waals surface area (Å²) in [6, 6.07) is 8.05. The maximum atomic E-state index is 10.2. The van der Waals surface area contributed by atoms with Crippen molar-refractivity contribution in [3.8, 4) is 0 Å². The predicted octanol–water partition coefficient (Wildman–Crippen LogP) is 1.61. The number of carbonyl (C=O) groups excluding carboxylic acids is 1. The summed E-state index contributed by atoms with van der Waals surface area (Å²) in [7, 11) is 4.45. The molecule has 1 unspecified atom stereocenters. The third-order valence-corrected chi connectivity index (χ3v) is 2.23. The molecule has 78 valence electrons. The summed E-state index contributed by atoms with van der Waals surface area (Å²) in [6.07, 6.45) is 0.850. The summed E-state index contributed by atoms with van der Waals surface area (Å²) in [5.74, 6) is 0. The van der Waals surface area contributed by atoms with Gasteiger partial charge in [0.25, 0.3) is 0 Å². The van der Waals surface area contributed by atoms with Crippen molar-refractivity contribution in [3.05, 3.63) is 29.8 Å². The molecular weight excluding hydrogens is 193 g/mol. The van der Waals surface area contributed by atoms with Crippen LogP contribution in [0.5, 0.6) is 0 Å². The Morgan fingerprint density at radius 1 is 1.36 bits per heavy atom. The number of hydrogen-bond acceptors (Lipinski definition) is 2. The minimum absolute atomic E-state index is 0.634. The molecule has 1 aromatic carbocycles. The monoisotopic (exact) mass is 211 g/mol. The lowest BCUT2D eigenvalue weighted by molar-refractivity contribution is 0.112. The number of nitrogens with one attached hydrogen (secondary N) is 1. The van der Waals surface area contributed by atoms with E-state index in [9.17, 15) is 4.79 Å². The summed E-state index contributed by atoms with van der Waals surface area (Å²) in [5, 5.41) is 3.98. The van der Waals surface area contributed by atoms with E-state index in [1.807, 2.05) is 25.2 Å². The van der Waals surface area contributed by atoms with Gasteiger partial charge in [-0.25, -0.2) is 0 Å². The molecule has 0 heterocycles. The molecule has 2 nitrogen and oxygen atoms in total. The molecule has 0 aromatic heterocycles. The lowest BCUT2D eigenvalue weighted by Crippen LogP contribution is -2.15. The van der Waals surface area contributed by atoms with Crippen molar-refractivity contribution in [3.63, 3.8) is 0 Å². The second kappa shape index (κ2) is 7.66. The van der Waals surface area contributed by atoms with Gasteiger partial charge in [-0.3, -0.25) is 4.79 Å². The third-order valence-electron chi connectivity index (χ3n) is 1.70. The molecule has 1 atom stereocenters. The predicted molar refractivity (Wildman–Crippen MR) is 65.4 cm³/mol. The van der Waals surface area contributed by atoms with Gasteiger partial charge in [0.2, 0.25) is 0 Å². The molecule has 1 N–H and O–H groups in total. The van der Waals surface area contributed by atoms with Crippen LogP contribution >= 0.6 is 9.24 Å². The zero-order valence-corrected chi connectivity index (χ0v) is 10.1. The van der Waals surface area contributed by atoms with E-state index in [2.05, 4.69) is 28.4 Å². The Morgan fingerprint density at radius 2 is 1.86 bits per heavy atom. The highest BCUT2D eigenvalue weighted by Gasteiger charge is 1.90. The van der Waals surface area contributed by atoms with Crippen LogP contribution in [-0.2, 0) is 0 Å². The summed E-state index contributed by atoms with van der Waals surface area (Å²) < 4.78 is 0. The van der Waals surface area contributed by atoms with Crippen LogP contribution in [0.15, 0.2) is 24.3 Å². The number of aldehydes is 1. The van der Waals surface area contributed by atoms with E-state index in [1.165, 1.54) is 0 Å². The van der Waals surface area contributed by atoms with E-state index in [0.29, 0.717) is 6.04 Å². The first kappa shape index (κ1) is 13.3. The number of carbonyl (C=O) groups is 1. The average Bonchev–Trinajstić information content (AvgIpc) is 2.19. The van der Waals surface area contributed by atoms with Crippen molar-refractivity contribution < 1.29 is 4.79 Å². The van der Waals surface area contributed by atoms with Gasteiger partial charge in [-0.1, -0.05) is 38.1 Å². The molecule has 0 saturated carbocycles. The van der Waals surface area contributed by atoms with Crippen LogP contribution in [0.25, 0.3) is 0 Å². The molecule has 3 heteroatoms. The van der Waals surface area contributed by atoms with Gasteiger partial charge in [-0.05, 0) is 12.4 Å². The molecule has 0 aliphatic rings. The van der Waals surface area contributed by atoms with E-state index < -0.39 is 0 Å². The summed E-state index contributed by atoms with van der Waals surface area (Å²) in [4.78, 5) is 10.2. The second-order valence-corrected chi connectivity index (χ2v) is 3.81. The standard InChI is InChI=1S/C7H7OP.C4H11N/c8-5-6-3-1-2-4-7(6)9;1-4(2)5-3/h1-5H,9H2;4-5H,1-3H3. The van der Waals surface area contributed by atoms with Crippen LogP contribution in [0.2, 0.25) is 0 Å². The highest BCUT2D eigenvalue weighted by molar-refractivity contribution is 7.27. The number of hydrogen-bond donors (Lipinski definition) is 1. The van der Waals surface area contributed by atoms with E-state index >= 15 is 0 Å². The normalized spacial score (nSPS) is 9.21. The smallest absolute Gasteiger partial charge is 0.150 e. The Kier molecular flexibility index (Phi) is 7.27. The summed E-state index contributed by atoms with van der Waals surface area (Å²) >= 11 is 0. The first-order chi connectivity index (χ1) is 6.61. The van der Waals surface area contributed by atoms with E-state index in [1.54, 1.807) is 6.07 Å². The molecule has 0 fully saturated rings. The Balaban J connectivity index is 0.000000292. The molecule has 0 amide bonds. The Hall–Kier alpha value is -0.720. The second-order valence-electron chi connectivity index (χ2n) is 3.19. The fraction of sp³-hybridized carbons (Fsp3) is 0.364. The van der Waals surface area contributed by atoms with Gasteiger partial charge in [-0.15, -0.1) is 9.24 Å². The molecule has 14 heavy (non-hydrogen) atoms. The van der Waals surface area contributed by atoms with Gasteiger partial charge in [0, 0.05) is 11.6 Å². The molecule has 0 radical (unpaired) electrons. The molecule has 0 bridgehead atoms. The van der Waals surface area contributed by atoms with Crippen molar-refractivity contribution in [2.75, 3.05) is 7.05 Å². The van der Waals surface area contributed by atoms with Crippen LogP contribution in [0, 0.1) is 0 Å². The van der Waals surface area contributed by atoms with Gasteiger partial charge in [0.15, 0.2) is 6.29 Å². The lowest BCUT2D eigenvalue weighted by atomic mass is 10.2. The molecule has 0 spiro atoms. The quantitative estimate of drug-likeness (QED) is 0.595. The average molecular weight is 211 g/mol. The van der Waals surface area contributed by atoms with Crippen molar-refractivity contribution in [1.82, 2.24) is 5.32 Å². The summed E-state index contributed by atoms with van der Waals surface area (Å²) in [5.41, 5.74) is 0.738. The van der Waals surface area contributed by atoms with Gasteiger partial charge in [0.1, 0.15) is 0 Å². The van der Waals surface area contributed by atoms with Crippen LogP contribution < -0.4 is 10.6 Å². The maximum absolute atomic E-state index is 10.2. The fourth-order valence-electron chi connectivity index (χ4n) is 0.618. The van der Waals surface area contributed by atoms with Crippen LogP contribution in [0.3, 0.4) is 0 Å². The van der Waals surface area contributed by atoms with Gasteiger partial charge in [-0.2, -0.15) is 0 Å². The Labute approximate surface area is 88.3 Å². The van der Waals surface area contributed by atoms with E-state index in [-0.39, 0.29) is 0 Å². The zero-order chi connectivity index (χ0) is 11.0. The maximum Gasteiger partial charge on any atom is 0.150 e. The van der Waals surface area contributed by atoms with Crippen molar-refractivity contribution in [1.29, 1.82) is 0 Å². The third kappa shape index (κ3) is 5.85. The zero-order valence-electron chi connectivity index (χ0n) is 8.95. The highest BCUT2D eigenvalue weighted by atomic mass is 31.0. The minimum Gasteiger partial charge on any atom is -0.318 e. The molecule has 0 aliphatic heterocycles. The fourth-order valence-corrected chi connectivity index (χ4v) is 0.894. The molecule has 1 aromatic rings. The van der Waals surface area contributed by atoms with E-state index in [0.717, 1.165) is 17.2 Å². The van der Waals surface area contributed by atoms with Crippen molar-refractivity contribution in [2.24, 2.45) is 0 Å². The summed E-state index contributed by atoms with van der Waals surface area (Å²) in [6.45, 7) is 4.22. The number of rotatable bonds is 2.